The van der Waals surface area contributed by atoms with Gasteiger partial charge in [-0.15, -0.1) is 0 Å². The first-order valence-corrected chi connectivity index (χ1v) is 4.03. The third-order valence-corrected chi connectivity index (χ3v) is 1.76. The summed E-state index contributed by atoms with van der Waals surface area (Å²) in [5.74, 6) is -0.265. The van der Waals surface area contributed by atoms with Crippen molar-refractivity contribution in [3.8, 4) is 0 Å². The Morgan fingerprint density at radius 2 is 2.55 bits per heavy atom. The van der Waals surface area contributed by atoms with Crippen LogP contribution in [0.4, 0.5) is 5.69 Å². The molecule has 0 bridgehead atoms. The van der Waals surface area contributed by atoms with Crippen LogP contribution in [0.15, 0.2) is 16.8 Å². The predicted octanol–water partition coefficient (Wildman–Crippen LogP) is 1.28. The number of rotatable bonds is 3. The Bertz CT molecular complexity index is 243. The fourth-order valence-corrected chi connectivity index (χ4v) is 1.21. The monoisotopic (exact) mass is 169 g/mol. The van der Waals surface area contributed by atoms with Crippen molar-refractivity contribution >= 4 is 29.2 Å². The molecule has 0 aliphatic heterocycles. The molecule has 0 fully saturated rings. The summed E-state index contributed by atoms with van der Waals surface area (Å²) in [4.78, 5) is 20.7. The molecule has 0 radical (unpaired) electrons. The number of aldehydes is 1. The number of carbonyl (C=O) groups is 2. The van der Waals surface area contributed by atoms with Crippen molar-refractivity contribution in [1.82, 2.24) is 0 Å². The zero-order valence-corrected chi connectivity index (χ0v) is 6.56. The highest BCUT2D eigenvalue weighted by molar-refractivity contribution is 7.08. The van der Waals surface area contributed by atoms with Gasteiger partial charge in [-0.25, -0.2) is 0 Å². The maximum Gasteiger partial charge on any atom is 0.231 e. The third-order valence-electron chi connectivity index (χ3n) is 1.07. The molecule has 0 aliphatic carbocycles. The van der Waals surface area contributed by atoms with Crippen LogP contribution >= 0.6 is 11.3 Å². The summed E-state index contributed by atoms with van der Waals surface area (Å²) < 4.78 is 0. The van der Waals surface area contributed by atoms with Crippen LogP contribution in [-0.4, -0.2) is 12.2 Å². The fourth-order valence-electron chi connectivity index (χ4n) is 0.623. The minimum atomic E-state index is -0.265. The standard InChI is InChI=1S/C7H7NO2S/c9-3-1-7(10)8-6-2-4-11-5-6/h2-5H,1H2,(H,8,10). The first-order valence-electron chi connectivity index (χ1n) is 3.08. The largest absolute Gasteiger partial charge is 0.325 e. The van der Waals surface area contributed by atoms with Gasteiger partial charge in [0.2, 0.25) is 5.91 Å². The molecular weight excluding hydrogens is 162 g/mol. The summed E-state index contributed by atoms with van der Waals surface area (Å²) in [5.41, 5.74) is 0.752. The fraction of sp³-hybridized carbons (Fsp3) is 0.143. The molecule has 58 valence electrons. The molecule has 1 aromatic heterocycles. The van der Waals surface area contributed by atoms with E-state index in [0.29, 0.717) is 6.29 Å². The number of anilines is 1. The minimum absolute atomic E-state index is 0.0736. The molecule has 1 aromatic rings. The highest BCUT2D eigenvalue weighted by atomic mass is 32.1. The first kappa shape index (κ1) is 7.94. The second-order valence-corrected chi connectivity index (χ2v) is 2.71. The van der Waals surface area contributed by atoms with Crippen molar-refractivity contribution in [3.05, 3.63) is 16.8 Å². The lowest BCUT2D eigenvalue weighted by atomic mass is 10.4. The van der Waals surface area contributed by atoms with Gasteiger partial charge in [0.15, 0.2) is 0 Å². The summed E-state index contributed by atoms with van der Waals surface area (Å²) in [6.07, 6.45) is 0.511. The highest BCUT2D eigenvalue weighted by Crippen LogP contribution is 2.11. The Kier molecular flexibility index (Phi) is 2.80. The lowest BCUT2D eigenvalue weighted by Gasteiger charge is -1.96. The van der Waals surface area contributed by atoms with Crippen LogP contribution in [0, 0.1) is 0 Å². The van der Waals surface area contributed by atoms with Gasteiger partial charge in [0, 0.05) is 5.38 Å². The van der Waals surface area contributed by atoms with Crippen molar-refractivity contribution in [2.75, 3.05) is 5.32 Å². The molecule has 0 spiro atoms. The quantitative estimate of drug-likeness (QED) is 0.547. The summed E-state index contributed by atoms with van der Waals surface area (Å²) in [6, 6.07) is 1.79. The Morgan fingerprint density at radius 1 is 1.73 bits per heavy atom. The number of nitrogens with one attached hydrogen (secondary N) is 1. The number of amides is 1. The van der Waals surface area contributed by atoms with Gasteiger partial charge in [0.25, 0.3) is 0 Å². The zero-order chi connectivity index (χ0) is 8.10. The van der Waals surface area contributed by atoms with E-state index >= 15 is 0 Å². The topological polar surface area (TPSA) is 46.2 Å². The Labute approximate surface area is 68.0 Å². The molecule has 0 unspecified atom stereocenters. The van der Waals surface area contributed by atoms with Crippen LogP contribution in [0.5, 0.6) is 0 Å². The van der Waals surface area contributed by atoms with Crippen molar-refractivity contribution in [1.29, 1.82) is 0 Å². The summed E-state index contributed by atoms with van der Waals surface area (Å²) >= 11 is 1.50. The van der Waals surface area contributed by atoms with Gasteiger partial charge in [0.05, 0.1) is 12.1 Å². The van der Waals surface area contributed by atoms with Crippen LogP contribution in [0.1, 0.15) is 6.42 Å². The molecule has 0 aliphatic rings. The molecule has 11 heavy (non-hydrogen) atoms. The van der Waals surface area contributed by atoms with Gasteiger partial charge < -0.3 is 10.1 Å². The van der Waals surface area contributed by atoms with Crippen molar-refractivity contribution in [2.45, 2.75) is 6.42 Å². The molecule has 1 amide bonds. The Balaban J connectivity index is 2.43. The average molecular weight is 169 g/mol. The van der Waals surface area contributed by atoms with E-state index in [1.165, 1.54) is 11.3 Å². The van der Waals surface area contributed by atoms with Crippen LogP contribution in [0.25, 0.3) is 0 Å². The summed E-state index contributed by atoms with van der Waals surface area (Å²) in [5, 5.41) is 6.23. The van der Waals surface area contributed by atoms with E-state index in [9.17, 15) is 9.59 Å². The third kappa shape index (κ3) is 2.51. The molecular formula is C7H7NO2S. The van der Waals surface area contributed by atoms with E-state index < -0.39 is 0 Å². The number of thiophene rings is 1. The SMILES string of the molecule is O=CCC(=O)Nc1ccsc1. The van der Waals surface area contributed by atoms with Crippen LogP contribution in [0.2, 0.25) is 0 Å². The molecule has 0 atom stereocenters. The molecule has 1 heterocycles. The second-order valence-electron chi connectivity index (χ2n) is 1.93. The molecule has 1 rings (SSSR count). The normalized spacial score (nSPS) is 9.09. The Hall–Kier alpha value is -1.16. The van der Waals surface area contributed by atoms with Crippen molar-refractivity contribution in [2.24, 2.45) is 0 Å². The van der Waals surface area contributed by atoms with Gasteiger partial charge in [-0.3, -0.25) is 4.79 Å². The van der Waals surface area contributed by atoms with E-state index in [4.69, 9.17) is 0 Å². The predicted molar refractivity (Wildman–Crippen MR) is 43.6 cm³/mol. The van der Waals surface area contributed by atoms with Crippen molar-refractivity contribution in [3.63, 3.8) is 0 Å². The Morgan fingerprint density at radius 3 is 3.09 bits per heavy atom. The smallest absolute Gasteiger partial charge is 0.231 e. The van der Waals surface area contributed by atoms with Gasteiger partial charge in [-0.1, -0.05) is 0 Å². The second kappa shape index (κ2) is 3.88. The maximum absolute atomic E-state index is 10.8. The molecule has 0 aromatic carbocycles. The van der Waals surface area contributed by atoms with E-state index in [0.717, 1.165) is 5.69 Å². The van der Waals surface area contributed by atoms with Gasteiger partial charge in [-0.05, 0) is 11.4 Å². The van der Waals surface area contributed by atoms with E-state index in [1.807, 2.05) is 10.8 Å². The number of carbonyl (C=O) groups excluding carboxylic acids is 2. The average Bonchev–Trinajstić information content (AvgIpc) is 2.40. The summed E-state index contributed by atoms with van der Waals surface area (Å²) in [6.45, 7) is 0. The van der Waals surface area contributed by atoms with E-state index in [1.54, 1.807) is 6.07 Å². The molecule has 1 N–H and O–H groups in total. The van der Waals surface area contributed by atoms with Gasteiger partial charge in [0.1, 0.15) is 6.29 Å². The zero-order valence-electron chi connectivity index (χ0n) is 5.74. The van der Waals surface area contributed by atoms with Gasteiger partial charge >= 0.3 is 0 Å². The van der Waals surface area contributed by atoms with Gasteiger partial charge in [-0.2, -0.15) is 11.3 Å². The maximum atomic E-state index is 10.8. The lowest BCUT2D eigenvalue weighted by molar-refractivity contribution is -0.119. The van der Waals surface area contributed by atoms with E-state index in [2.05, 4.69) is 5.32 Å². The summed E-state index contributed by atoms with van der Waals surface area (Å²) in [7, 11) is 0. The van der Waals surface area contributed by atoms with Crippen molar-refractivity contribution < 1.29 is 9.59 Å². The highest BCUT2D eigenvalue weighted by Gasteiger charge is 1.99. The molecule has 4 heteroatoms. The molecule has 0 saturated carbocycles. The van der Waals surface area contributed by atoms with Crippen LogP contribution < -0.4 is 5.32 Å². The minimum Gasteiger partial charge on any atom is -0.325 e. The van der Waals surface area contributed by atoms with E-state index in [-0.39, 0.29) is 12.3 Å². The lowest BCUT2D eigenvalue weighted by Crippen LogP contribution is -2.10. The number of hydrogen-bond acceptors (Lipinski definition) is 3. The molecule has 3 nitrogen and oxygen atoms in total. The van der Waals surface area contributed by atoms with Crippen LogP contribution in [-0.2, 0) is 9.59 Å². The first-order chi connectivity index (χ1) is 5.33. The molecule has 0 saturated heterocycles. The van der Waals surface area contributed by atoms with Crippen LogP contribution in [0.3, 0.4) is 0 Å². The number of hydrogen-bond donors (Lipinski definition) is 1.